The van der Waals surface area contributed by atoms with E-state index in [0.29, 0.717) is 35.1 Å². The third-order valence-electron chi connectivity index (χ3n) is 7.07. The normalized spacial score (nSPS) is 18.2. The zero-order valence-electron chi connectivity index (χ0n) is 20.2. The molecule has 0 bridgehead atoms. The maximum atomic E-state index is 13.4. The van der Waals surface area contributed by atoms with Gasteiger partial charge in [-0.25, -0.2) is 0 Å². The predicted octanol–water partition coefficient (Wildman–Crippen LogP) is 3.73. The Morgan fingerprint density at radius 2 is 1.65 bits per heavy atom. The quantitative estimate of drug-likeness (QED) is 0.530. The molecule has 1 aromatic rings. The van der Waals surface area contributed by atoms with Crippen LogP contribution in [0.2, 0.25) is 10.0 Å². The van der Waals surface area contributed by atoms with Crippen LogP contribution in [0.4, 0.5) is 0 Å². The van der Waals surface area contributed by atoms with E-state index in [9.17, 15) is 14.4 Å². The molecule has 0 aromatic heterocycles. The third-order valence-corrected chi connectivity index (χ3v) is 7.51. The summed E-state index contributed by atoms with van der Waals surface area (Å²) in [7, 11) is 3.87. The number of carbonyl (C=O) groups excluding carboxylic acids is 3. The van der Waals surface area contributed by atoms with Crippen LogP contribution in [0.1, 0.15) is 61.7 Å². The molecule has 7 nitrogen and oxygen atoms in total. The molecule has 1 heterocycles. The molecule has 1 spiro atoms. The van der Waals surface area contributed by atoms with Crippen molar-refractivity contribution >= 4 is 40.9 Å². The zero-order chi connectivity index (χ0) is 24.7. The maximum absolute atomic E-state index is 13.4. The molecule has 34 heavy (non-hydrogen) atoms. The van der Waals surface area contributed by atoms with Gasteiger partial charge in [0.05, 0.1) is 0 Å². The van der Waals surface area contributed by atoms with E-state index in [4.69, 9.17) is 23.2 Å². The first-order valence-corrected chi connectivity index (χ1v) is 12.9. The number of carbonyl (C=O) groups is 3. The maximum Gasteiger partial charge on any atom is 0.252 e. The number of piperidine rings is 1. The van der Waals surface area contributed by atoms with Gasteiger partial charge >= 0.3 is 0 Å². The summed E-state index contributed by atoms with van der Waals surface area (Å²) < 4.78 is 0. The number of likely N-dealkylation sites (tertiary alicyclic amines) is 1. The zero-order valence-corrected chi connectivity index (χ0v) is 21.7. The van der Waals surface area contributed by atoms with Crippen molar-refractivity contribution in [3.63, 3.8) is 0 Å². The van der Waals surface area contributed by atoms with Gasteiger partial charge in [-0.2, -0.15) is 0 Å². The van der Waals surface area contributed by atoms with Gasteiger partial charge < -0.3 is 20.4 Å². The molecule has 1 aliphatic carbocycles. The van der Waals surface area contributed by atoms with Gasteiger partial charge in [0.2, 0.25) is 11.8 Å². The highest BCUT2D eigenvalue weighted by atomic mass is 35.5. The van der Waals surface area contributed by atoms with Crippen LogP contribution in [0.15, 0.2) is 18.2 Å². The summed E-state index contributed by atoms with van der Waals surface area (Å²) in [5.41, 5.74) is 0.675. The lowest BCUT2D eigenvalue weighted by molar-refractivity contribution is -0.136. The lowest BCUT2D eigenvalue weighted by Gasteiger charge is -2.40. The van der Waals surface area contributed by atoms with Crippen LogP contribution in [0.3, 0.4) is 0 Å². The summed E-state index contributed by atoms with van der Waals surface area (Å²) in [4.78, 5) is 42.5. The van der Waals surface area contributed by atoms with E-state index in [-0.39, 0.29) is 30.2 Å². The first kappa shape index (κ1) is 26.8. The molecule has 3 amide bonds. The van der Waals surface area contributed by atoms with Crippen molar-refractivity contribution in [3.8, 4) is 0 Å². The van der Waals surface area contributed by atoms with Gasteiger partial charge in [0.25, 0.3) is 5.91 Å². The molecule has 0 radical (unpaired) electrons. The lowest BCUT2D eigenvalue weighted by atomic mass is 9.77. The minimum atomic E-state index is -0.789. The number of amides is 3. The van der Waals surface area contributed by atoms with Crippen molar-refractivity contribution in [2.24, 2.45) is 5.41 Å². The van der Waals surface area contributed by atoms with Gasteiger partial charge in [0, 0.05) is 48.2 Å². The summed E-state index contributed by atoms with van der Waals surface area (Å²) in [5, 5.41) is 6.40. The van der Waals surface area contributed by atoms with E-state index >= 15 is 0 Å². The second-order valence-electron chi connectivity index (χ2n) is 9.91. The molecule has 1 atom stereocenters. The van der Waals surface area contributed by atoms with Crippen LogP contribution in [0.25, 0.3) is 0 Å². The highest BCUT2D eigenvalue weighted by Gasteiger charge is 2.39. The second kappa shape index (κ2) is 12.2. The Bertz CT molecular complexity index is 857. The van der Waals surface area contributed by atoms with Crippen LogP contribution in [0.5, 0.6) is 0 Å². The predicted molar refractivity (Wildman–Crippen MR) is 135 cm³/mol. The second-order valence-corrected chi connectivity index (χ2v) is 10.8. The minimum absolute atomic E-state index is 0.129. The van der Waals surface area contributed by atoms with Crippen LogP contribution in [-0.4, -0.2) is 73.8 Å². The molecule has 2 N–H and O–H groups in total. The first-order valence-electron chi connectivity index (χ1n) is 12.1. The Morgan fingerprint density at radius 1 is 1.03 bits per heavy atom. The highest BCUT2D eigenvalue weighted by Crippen LogP contribution is 2.46. The summed E-state index contributed by atoms with van der Waals surface area (Å²) in [6.07, 6.45) is 7.44. The summed E-state index contributed by atoms with van der Waals surface area (Å²) in [6.45, 7) is 2.66. The van der Waals surface area contributed by atoms with Crippen molar-refractivity contribution in [1.82, 2.24) is 20.4 Å². The monoisotopic (exact) mass is 510 g/mol. The van der Waals surface area contributed by atoms with Gasteiger partial charge in [0.1, 0.15) is 6.04 Å². The number of hydrogen-bond donors (Lipinski definition) is 2. The Hall–Kier alpha value is -1.83. The van der Waals surface area contributed by atoms with Crippen molar-refractivity contribution in [2.45, 2.75) is 57.4 Å². The molecule has 2 fully saturated rings. The molecule has 1 unspecified atom stereocenters. The Kier molecular flexibility index (Phi) is 9.63. The van der Waals surface area contributed by atoms with Crippen LogP contribution < -0.4 is 10.6 Å². The largest absolute Gasteiger partial charge is 0.355 e. The fraction of sp³-hybridized carbons (Fsp3) is 0.640. The average Bonchev–Trinajstić information content (AvgIpc) is 3.23. The lowest BCUT2D eigenvalue weighted by Crippen LogP contribution is -2.52. The number of nitrogens with one attached hydrogen (secondary N) is 2. The molecule has 3 rings (SSSR count). The van der Waals surface area contributed by atoms with Gasteiger partial charge in [-0.05, 0) is 69.8 Å². The van der Waals surface area contributed by atoms with E-state index in [1.807, 2.05) is 23.9 Å². The molecule has 2 aliphatic rings. The molecule has 1 saturated heterocycles. The fourth-order valence-corrected chi connectivity index (χ4v) is 5.54. The molecule has 188 valence electrons. The van der Waals surface area contributed by atoms with E-state index in [2.05, 4.69) is 10.6 Å². The fourth-order valence-electron chi connectivity index (χ4n) is 5.01. The smallest absolute Gasteiger partial charge is 0.252 e. The van der Waals surface area contributed by atoms with E-state index < -0.39 is 11.9 Å². The van der Waals surface area contributed by atoms with Crippen molar-refractivity contribution in [1.29, 1.82) is 0 Å². The van der Waals surface area contributed by atoms with Crippen LogP contribution >= 0.6 is 23.2 Å². The minimum Gasteiger partial charge on any atom is -0.355 e. The Morgan fingerprint density at radius 3 is 2.24 bits per heavy atom. The van der Waals surface area contributed by atoms with Crippen molar-refractivity contribution in [2.75, 3.05) is 40.3 Å². The molecular formula is C25H36Cl2N4O3. The summed E-state index contributed by atoms with van der Waals surface area (Å²) >= 11 is 12.1. The summed E-state index contributed by atoms with van der Waals surface area (Å²) in [6, 6.07) is 3.79. The van der Waals surface area contributed by atoms with Crippen molar-refractivity contribution in [3.05, 3.63) is 33.8 Å². The number of hydrogen-bond acceptors (Lipinski definition) is 4. The average molecular weight is 511 g/mol. The Balaban J connectivity index is 1.64. The van der Waals surface area contributed by atoms with E-state index in [0.717, 1.165) is 19.4 Å². The van der Waals surface area contributed by atoms with Crippen molar-refractivity contribution < 1.29 is 14.4 Å². The molecule has 1 aliphatic heterocycles. The standard InChI is InChI=1S/C25H36Cl2N4O3/c1-30(2)14-11-28-22(32)6-5-21(29-23(33)18-15-19(26)17-20(27)16-18)24(34)31-12-9-25(10-13-31)7-3-4-8-25/h15-17,21H,3-14H2,1-2H3,(H,28,32)(H,29,33). The number of halogens is 2. The SMILES string of the molecule is CN(C)CCNC(=O)CCC(NC(=O)c1cc(Cl)cc(Cl)c1)C(=O)N1CCC2(CCCC2)CC1. The van der Waals surface area contributed by atoms with Gasteiger partial charge in [-0.3, -0.25) is 14.4 Å². The first-order chi connectivity index (χ1) is 16.2. The molecular weight excluding hydrogens is 475 g/mol. The topological polar surface area (TPSA) is 81.8 Å². The van der Waals surface area contributed by atoms with Gasteiger partial charge in [-0.15, -0.1) is 0 Å². The Labute approximate surface area is 212 Å². The van der Waals surface area contributed by atoms with Crippen LogP contribution in [0, 0.1) is 5.41 Å². The molecule has 1 aromatic carbocycles. The van der Waals surface area contributed by atoms with Crippen LogP contribution in [-0.2, 0) is 9.59 Å². The van der Waals surface area contributed by atoms with Gasteiger partial charge in [0.15, 0.2) is 0 Å². The number of likely N-dealkylation sites (N-methyl/N-ethyl adjacent to an activating group) is 1. The third kappa shape index (κ3) is 7.59. The highest BCUT2D eigenvalue weighted by molar-refractivity contribution is 6.35. The van der Waals surface area contributed by atoms with E-state index in [1.165, 1.54) is 37.8 Å². The molecule has 9 heteroatoms. The van der Waals surface area contributed by atoms with Gasteiger partial charge in [-0.1, -0.05) is 36.0 Å². The number of nitrogens with zero attached hydrogens (tertiary/aromatic N) is 2. The molecule has 1 saturated carbocycles. The number of benzene rings is 1. The number of rotatable bonds is 9. The van der Waals surface area contributed by atoms with E-state index in [1.54, 1.807) is 6.07 Å². The summed E-state index contributed by atoms with van der Waals surface area (Å²) in [5.74, 6) is -0.696.